The van der Waals surface area contributed by atoms with Gasteiger partial charge in [0.2, 0.25) is 0 Å². The van der Waals surface area contributed by atoms with Crippen LogP contribution in [0.15, 0.2) is 41.5 Å². The Balaban J connectivity index is 1.73. The highest BCUT2D eigenvalue weighted by Crippen LogP contribution is 2.26. The van der Waals surface area contributed by atoms with Gasteiger partial charge in [-0.05, 0) is 43.9 Å². The van der Waals surface area contributed by atoms with Gasteiger partial charge in [0, 0.05) is 32.2 Å². The molecular weight excluding hydrogens is 360 g/mol. The Labute approximate surface area is 164 Å². The monoisotopic (exact) mass is 386 g/mol. The van der Waals surface area contributed by atoms with Crippen LogP contribution in [0.4, 0.5) is 0 Å². The lowest BCUT2D eigenvalue weighted by Gasteiger charge is -2.36. The highest BCUT2D eigenvalue weighted by Gasteiger charge is 2.30. The Morgan fingerprint density at radius 2 is 2.25 bits per heavy atom. The molecule has 0 saturated carbocycles. The topological polar surface area (TPSA) is 100.0 Å². The third-order valence-corrected chi connectivity index (χ3v) is 5.19. The molecule has 0 unspecified atom stereocenters. The summed E-state index contributed by atoms with van der Waals surface area (Å²) in [6, 6.07) is 3.34. The number of carbonyl (C=O) groups excluding carboxylic acids is 2. The summed E-state index contributed by atoms with van der Waals surface area (Å²) in [5, 5.41) is 19.1. The fourth-order valence-electron chi connectivity index (χ4n) is 3.71. The summed E-state index contributed by atoms with van der Waals surface area (Å²) < 4.78 is 5.85. The lowest BCUT2D eigenvalue weighted by molar-refractivity contribution is -0.105. The number of hydrogen-bond donors (Lipinski definition) is 2. The molecule has 1 fully saturated rings. The number of allylic oxidation sites excluding steroid dienone is 3. The van der Waals surface area contributed by atoms with Gasteiger partial charge in [-0.2, -0.15) is 0 Å². The van der Waals surface area contributed by atoms with Crippen molar-refractivity contribution < 1.29 is 24.5 Å². The van der Waals surface area contributed by atoms with Crippen molar-refractivity contribution in [2.24, 2.45) is 0 Å². The summed E-state index contributed by atoms with van der Waals surface area (Å²) in [5.74, 6) is 0.323. The fourth-order valence-corrected chi connectivity index (χ4v) is 3.71. The molecule has 1 amide bonds. The predicted molar refractivity (Wildman–Crippen MR) is 103 cm³/mol. The molecule has 150 valence electrons. The SMILES string of the molecule is O=CC1=C(O)CCC=C1OC[C@H]1CCCCN1C(=O)c1cccnc1CCO. The number of aromatic nitrogens is 1. The van der Waals surface area contributed by atoms with E-state index in [1.807, 2.05) is 0 Å². The highest BCUT2D eigenvalue weighted by atomic mass is 16.5. The van der Waals surface area contributed by atoms with Gasteiger partial charge in [-0.15, -0.1) is 0 Å². The Bertz CT molecular complexity index is 787. The minimum absolute atomic E-state index is 0.0491. The molecule has 1 atom stereocenters. The molecule has 1 aliphatic carbocycles. The van der Waals surface area contributed by atoms with E-state index in [1.165, 1.54) is 0 Å². The average Bonchev–Trinajstić information content (AvgIpc) is 2.72. The standard InChI is InChI=1S/C21H26N2O5/c24-12-9-18-16(6-4-10-22-18)21(27)23-11-2-1-5-15(23)14-28-20-8-3-7-19(26)17(20)13-25/h4,6,8,10,13,15,24,26H,1-3,5,7,9,11-12,14H2/t15-/m1/s1. The summed E-state index contributed by atoms with van der Waals surface area (Å²) >= 11 is 0. The Morgan fingerprint density at radius 1 is 1.39 bits per heavy atom. The molecule has 1 saturated heterocycles. The van der Waals surface area contributed by atoms with Crippen LogP contribution in [-0.2, 0) is 16.0 Å². The second-order valence-corrected chi connectivity index (χ2v) is 7.02. The first-order valence-corrected chi connectivity index (χ1v) is 9.72. The Kier molecular flexibility index (Phi) is 6.81. The summed E-state index contributed by atoms with van der Waals surface area (Å²) in [6.07, 6.45) is 8.14. The van der Waals surface area contributed by atoms with E-state index in [4.69, 9.17) is 4.74 Å². The van der Waals surface area contributed by atoms with E-state index >= 15 is 0 Å². The third-order valence-electron chi connectivity index (χ3n) is 5.19. The van der Waals surface area contributed by atoms with Crippen LogP contribution in [0, 0.1) is 0 Å². The summed E-state index contributed by atoms with van der Waals surface area (Å²) in [7, 11) is 0. The van der Waals surface area contributed by atoms with Crippen molar-refractivity contribution in [3.8, 4) is 0 Å². The van der Waals surface area contributed by atoms with Gasteiger partial charge in [0.1, 0.15) is 18.1 Å². The number of ether oxygens (including phenoxy) is 1. The van der Waals surface area contributed by atoms with Gasteiger partial charge in [0.25, 0.3) is 5.91 Å². The van der Waals surface area contributed by atoms with Crippen LogP contribution in [0.5, 0.6) is 0 Å². The van der Waals surface area contributed by atoms with Crippen molar-refractivity contribution in [3.05, 3.63) is 52.8 Å². The number of nitrogens with zero attached hydrogens (tertiary/aromatic N) is 2. The molecule has 1 aliphatic heterocycles. The van der Waals surface area contributed by atoms with Gasteiger partial charge in [0.05, 0.1) is 22.9 Å². The maximum absolute atomic E-state index is 13.2. The maximum Gasteiger partial charge on any atom is 0.256 e. The smallest absolute Gasteiger partial charge is 0.256 e. The Hall–Kier alpha value is -2.67. The second-order valence-electron chi connectivity index (χ2n) is 7.02. The van der Waals surface area contributed by atoms with Gasteiger partial charge < -0.3 is 19.8 Å². The molecule has 2 heterocycles. The number of aliphatic hydroxyl groups excluding tert-OH is 2. The van der Waals surface area contributed by atoms with Crippen molar-refractivity contribution in [1.82, 2.24) is 9.88 Å². The minimum Gasteiger partial charge on any atom is -0.511 e. The van der Waals surface area contributed by atoms with Crippen LogP contribution in [0.3, 0.4) is 0 Å². The lowest BCUT2D eigenvalue weighted by atomic mass is 10.00. The van der Waals surface area contributed by atoms with Crippen LogP contribution in [0.25, 0.3) is 0 Å². The maximum atomic E-state index is 13.2. The van der Waals surface area contributed by atoms with Crippen molar-refractivity contribution in [1.29, 1.82) is 0 Å². The van der Waals surface area contributed by atoms with E-state index in [2.05, 4.69) is 4.98 Å². The number of aliphatic hydroxyl groups is 2. The first kappa shape index (κ1) is 20.1. The summed E-state index contributed by atoms with van der Waals surface area (Å²) in [4.78, 5) is 30.5. The predicted octanol–water partition coefficient (Wildman–Crippen LogP) is 2.32. The number of piperidine rings is 1. The molecular formula is C21H26N2O5. The number of aldehydes is 1. The molecule has 2 N–H and O–H groups in total. The molecule has 2 aliphatic rings. The van der Waals surface area contributed by atoms with Crippen LogP contribution in [0.2, 0.25) is 0 Å². The molecule has 7 heteroatoms. The zero-order valence-electron chi connectivity index (χ0n) is 15.8. The number of pyridine rings is 1. The van der Waals surface area contributed by atoms with Crippen LogP contribution >= 0.6 is 0 Å². The molecule has 7 nitrogen and oxygen atoms in total. The lowest BCUT2D eigenvalue weighted by Crippen LogP contribution is -2.46. The average molecular weight is 386 g/mol. The van der Waals surface area contributed by atoms with E-state index in [1.54, 1.807) is 29.3 Å². The third kappa shape index (κ3) is 4.42. The molecule has 1 aromatic rings. The van der Waals surface area contributed by atoms with E-state index in [-0.39, 0.29) is 36.5 Å². The zero-order valence-corrected chi connectivity index (χ0v) is 15.8. The number of hydrogen-bond acceptors (Lipinski definition) is 6. The van der Waals surface area contributed by atoms with E-state index < -0.39 is 0 Å². The minimum atomic E-state index is -0.124. The van der Waals surface area contributed by atoms with Crippen molar-refractivity contribution in [3.63, 3.8) is 0 Å². The number of likely N-dealkylation sites (tertiary alicyclic amines) is 1. The Morgan fingerprint density at radius 3 is 3.04 bits per heavy atom. The number of carbonyl (C=O) groups is 2. The first-order chi connectivity index (χ1) is 13.7. The van der Waals surface area contributed by atoms with Crippen molar-refractivity contribution >= 4 is 12.2 Å². The van der Waals surface area contributed by atoms with E-state index in [0.717, 1.165) is 19.3 Å². The van der Waals surface area contributed by atoms with Crippen LogP contribution in [0.1, 0.15) is 48.2 Å². The quantitative estimate of drug-likeness (QED) is 0.698. The zero-order chi connectivity index (χ0) is 19.9. The van der Waals surface area contributed by atoms with Gasteiger partial charge in [-0.1, -0.05) is 0 Å². The van der Waals surface area contributed by atoms with E-state index in [9.17, 15) is 19.8 Å². The normalized spacial score (nSPS) is 20.0. The molecule has 0 aromatic carbocycles. The molecule has 0 spiro atoms. The highest BCUT2D eigenvalue weighted by molar-refractivity contribution is 5.95. The van der Waals surface area contributed by atoms with Gasteiger partial charge in [0.15, 0.2) is 6.29 Å². The first-order valence-electron chi connectivity index (χ1n) is 9.72. The molecule has 28 heavy (non-hydrogen) atoms. The summed E-state index contributed by atoms with van der Waals surface area (Å²) in [5.41, 5.74) is 1.29. The molecule has 1 aromatic heterocycles. The molecule has 3 rings (SSSR count). The molecule has 0 radical (unpaired) electrons. The van der Waals surface area contributed by atoms with Crippen LogP contribution < -0.4 is 0 Å². The summed E-state index contributed by atoms with van der Waals surface area (Å²) in [6.45, 7) is 0.821. The van der Waals surface area contributed by atoms with Gasteiger partial charge in [-0.3, -0.25) is 14.6 Å². The van der Waals surface area contributed by atoms with E-state index in [0.29, 0.717) is 49.1 Å². The largest absolute Gasteiger partial charge is 0.511 e. The van der Waals surface area contributed by atoms with Gasteiger partial charge in [-0.25, -0.2) is 0 Å². The number of amides is 1. The van der Waals surface area contributed by atoms with Gasteiger partial charge >= 0.3 is 0 Å². The fraction of sp³-hybridized carbons (Fsp3) is 0.476. The van der Waals surface area contributed by atoms with Crippen molar-refractivity contribution in [2.75, 3.05) is 19.8 Å². The van der Waals surface area contributed by atoms with Crippen LogP contribution in [-0.4, -0.2) is 58.1 Å². The van der Waals surface area contributed by atoms with Crippen molar-refractivity contribution in [2.45, 2.75) is 44.6 Å². The second kappa shape index (κ2) is 9.50. The molecule has 0 bridgehead atoms. The number of rotatable bonds is 7.